The Morgan fingerprint density at radius 2 is 1.88 bits per heavy atom. The Kier molecular flexibility index (Phi) is 10.9. The smallest absolute Gasteiger partial charge is 0.220 e. The van der Waals surface area contributed by atoms with E-state index in [1.165, 1.54) is 0 Å². The zero-order valence-electron chi connectivity index (χ0n) is 14.3. The number of nitrogens with one attached hydrogen (secondary N) is 1. The molecule has 0 aromatic rings. The van der Waals surface area contributed by atoms with Crippen molar-refractivity contribution in [2.75, 3.05) is 6.61 Å². The Balaban J connectivity index is 0.000000640. The number of aliphatic hydroxyl groups excluding tert-OH is 4. The fourth-order valence-electron chi connectivity index (χ4n) is 1.90. The summed E-state index contributed by atoms with van der Waals surface area (Å²) in [5, 5.41) is 40.1. The molecule has 142 valence electrons. The number of rotatable bonds is 6. The largest absolute Gasteiger partial charge is 0.394 e. The topological polar surface area (TPSA) is 162 Å². The summed E-state index contributed by atoms with van der Waals surface area (Å²) < 4.78 is 4.89. The Bertz CT molecular complexity index is 381. The van der Waals surface area contributed by atoms with E-state index >= 15 is 0 Å². The van der Waals surface area contributed by atoms with Gasteiger partial charge in [-0.2, -0.15) is 0 Å². The molecule has 6 atom stereocenters. The molecule has 0 bridgehead atoms. The number of hydrogen-bond acceptors (Lipinski definition) is 8. The van der Waals surface area contributed by atoms with Gasteiger partial charge in [-0.25, -0.2) is 0 Å². The Hall–Kier alpha value is -1.10. The normalized spacial score (nSPS) is 31.0. The van der Waals surface area contributed by atoms with Crippen molar-refractivity contribution in [3.63, 3.8) is 0 Å². The van der Waals surface area contributed by atoms with Gasteiger partial charge in [0.15, 0.2) is 6.29 Å². The van der Waals surface area contributed by atoms with Gasteiger partial charge >= 0.3 is 0 Å². The second kappa shape index (κ2) is 11.5. The third-order valence-corrected chi connectivity index (χ3v) is 3.63. The van der Waals surface area contributed by atoms with Gasteiger partial charge in [0.25, 0.3) is 0 Å². The molecule has 1 fully saturated rings. The molecule has 0 aromatic carbocycles. The number of amides is 1. The minimum atomic E-state index is -1.45. The second-order valence-electron chi connectivity index (χ2n) is 6.03. The number of aldehydes is 1. The zero-order valence-corrected chi connectivity index (χ0v) is 14.3. The van der Waals surface area contributed by atoms with Gasteiger partial charge in [0.05, 0.1) is 12.6 Å². The van der Waals surface area contributed by atoms with Crippen LogP contribution in [0.4, 0.5) is 0 Å². The molecule has 0 radical (unpaired) electrons. The van der Waals surface area contributed by atoms with Crippen molar-refractivity contribution in [3.05, 3.63) is 0 Å². The molecule has 1 aliphatic heterocycles. The van der Waals surface area contributed by atoms with Gasteiger partial charge in [0.2, 0.25) is 5.91 Å². The van der Waals surface area contributed by atoms with Crippen molar-refractivity contribution >= 4 is 12.2 Å². The predicted molar refractivity (Wildman–Crippen MR) is 85.7 cm³/mol. The average molecular weight is 350 g/mol. The summed E-state index contributed by atoms with van der Waals surface area (Å²) in [7, 11) is 0. The lowest BCUT2D eigenvalue weighted by Gasteiger charge is -2.40. The van der Waals surface area contributed by atoms with E-state index in [0.717, 1.165) is 6.29 Å². The van der Waals surface area contributed by atoms with Gasteiger partial charge in [0, 0.05) is 6.42 Å². The van der Waals surface area contributed by atoms with Crippen LogP contribution < -0.4 is 11.1 Å². The maximum atomic E-state index is 11.3. The highest BCUT2D eigenvalue weighted by molar-refractivity contribution is 5.76. The zero-order chi connectivity index (χ0) is 18.9. The third kappa shape index (κ3) is 7.20. The molecule has 1 rings (SSSR count). The molecule has 0 aliphatic carbocycles. The fourth-order valence-corrected chi connectivity index (χ4v) is 1.90. The molecule has 1 amide bonds. The molecule has 0 spiro atoms. The molecule has 0 aromatic heterocycles. The van der Waals surface area contributed by atoms with E-state index in [1.54, 1.807) is 0 Å². The lowest BCUT2D eigenvalue weighted by Crippen LogP contribution is -2.64. The summed E-state index contributed by atoms with van der Waals surface area (Å²) in [5.74, 6) is -0.0636. The first-order chi connectivity index (χ1) is 11.2. The van der Waals surface area contributed by atoms with Crippen LogP contribution in [-0.4, -0.2) is 75.9 Å². The van der Waals surface area contributed by atoms with Crippen molar-refractivity contribution in [3.8, 4) is 0 Å². The SMILES string of the molecule is CC(C)[C@H](N)C=O.CCCC(=O)NC1C(O)OC(CO)C(O)C1O. The van der Waals surface area contributed by atoms with Crippen LogP contribution in [0, 0.1) is 5.92 Å². The number of hydrogen-bond donors (Lipinski definition) is 6. The van der Waals surface area contributed by atoms with E-state index in [-0.39, 0.29) is 24.3 Å². The summed E-state index contributed by atoms with van der Waals surface area (Å²) in [5.41, 5.74) is 5.25. The molecular formula is C15H30N2O7. The Morgan fingerprint density at radius 3 is 2.25 bits per heavy atom. The van der Waals surface area contributed by atoms with Crippen LogP contribution in [0.3, 0.4) is 0 Å². The first-order valence-corrected chi connectivity index (χ1v) is 8.00. The van der Waals surface area contributed by atoms with E-state index in [0.29, 0.717) is 6.42 Å². The van der Waals surface area contributed by atoms with Crippen LogP contribution in [0.15, 0.2) is 0 Å². The molecule has 7 N–H and O–H groups in total. The number of carbonyl (C=O) groups excluding carboxylic acids is 2. The molecule has 9 heteroatoms. The molecule has 24 heavy (non-hydrogen) atoms. The molecule has 1 aliphatic rings. The molecule has 5 unspecified atom stereocenters. The first-order valence-electron chi connectivity index (χ1n) is 8.00. The monoisotopic (exact) mass is 350 g/mol. The number of aliphatic hydroxyl groups is 4. The lowest BCUT2D eigenvalue weighted by molar-refractivity contribution is -0.253. The van der Waals surface area contributed by atoms with Crippen LogP contribution in [-0.2, 0) is 14.3 Å². The van der Waals surface area contributed by atoms with Crippen LogP contribution in [0.25, 0.3) is 0 Å². The Morgan fingerprint density at radius 1 is 1.29 bits per heavy atom. The molecule has 9 nitrogen and oxygen atoms in total. The van der Waals surface area contributed by atoms with Gasteiger partial charge < -0.3 is 41.0 Å². The van der Waals surface area contributed by atoms with Crippen LogP contribution >= 0.6 is 0 Å². The standard InChI is InChI=1S/C10H19NO6.C5H11NO/c1-2-3-6(13)11-7-9(15)8(14)5(4-12)17-10(7)16;1-4(2)5(6)3-7/h5,7-10,12,14-16H,2-4H2,1H3,(H,11,13);3-5H,6H2,1-2H3/t;5-/m.1/s1. The van der Waals surface area contributed by atoms with E-state index in [4.69, 9.17) is 15.6 Å². The molecule has 0 saturated carbocycles. The van der Waals surface area contributed by atoms with Crippen molar-refractivity contribution in [1.82, 2.24) is 5.32 Å². The molecule has 1 heterocycles. The van der Waals surface area contributed by atoms with Crippen molar-refractivity contribution in [2.24, 2.45) is 11.7 Å². The quantitative estimate of drug-likeness (QED) is 0.296. The minimum absolute atomic E-state index is 0.259. The van der Waals surface area contributed by atoms with Gasteiger partial charge in [-0.15, -0.1) is 0 Å². The van der Waals surface area contributed by atoms with Gasteiger partial charge in [-0.1, -0.05) is 20.8 Å². The summed E-state index contributed by atoms with van der Waals surface area (Å²) in [6.07, 6.45) is -3.58. The average Bonchev–Trinajstić information content (AvgIpc) is 2.54. The highest BCUT2D eigenvalue weighted by Crippen LogP contribution is 2.19. The predicted octanol–water partition coefficient (Wildman–Crippen LogP) is -2.13. The number of carbonyl (C=O) groups is 2. The first kappa shape index (κ1) is 22.9. The third-order valence-electron chi connectivity index (χ3n) is 3.63. The maximum Gasteiger partial charge on any atom is 0.220 e. The summed E-state index contributed by atoms with van der Waals surface area (Å²) in [6, 6.07) is -1.37. The molecular weight excluding hydrogens is 320 g/mol. The summed E-state index contributed by atoms with van der Waals surface area (Å²) >= 11 is 0. The maximum absolute atomic E-state index is 11.3. The van der Waals surface area contributed by atoms with E-state index in [9.17, 15) is 24.9 Å². The van der Waals surface area contributed by atoms with E-state index in [2.05, 4.69) is 5.32 Å². The van der Waals surface area contributed by atoms with Crippen molar-refractivity contribution < 1.29 is 34.8 Å². The Labute approximate surface area is 141 Å². The number of ether oxygens (including phenoxy) is 1. The van der Waals surface area contributed by atoms with E-state index < -0.39 is 37.3 Å². The second-order valence-corrected chi connectivity index (χ2v) is 6.03. The molecule has 1 saturated heterocycles. The number of nitrogens with two attached hydrogens (primary N) is 1. The van der Waals surface area contributed by atoms with Crippen molar-refractivity contribution in [2.45, 2.75) is 70.3 Å². The van der Waals surface area contributed by atoms with Crippen LogP contribution in [0.1, 0.15) is 33.6 Å². The van der Waals surface area contributed by atoms with Crippen LogP contribution in [0.2, 0.25) is 0 Å². The van der Waals surface area contributed by atoms with Gasteiger partial charge in [-0.05, 0) is 12.3 Å². The van der Waals surface area contributed by atoms with Crippen LogP contribution in [0.5, 0.6) is 0 Å². The minimum Gasteiger partial charge on any atom is -0.394 e. The van der Waals surface area contributed by atoms with Gasteiger partial charge in [0.1, 0.15) is 30.6 Å². The highest BCUT2D eigenvalue weighted by atomic mass is 16.6. The fraction of sp³-hybridized carbons (Fsp3) is 0.867. The van der Waals surface area contributed by atoms with Crippen molar-refractivity contribution in [1.29, 1.82) is 0 Å². The van der Waals surface area contributed by atoms with E-state index in [1.807, 2.05) is 20.8 Å². The van der Waals surface area contributed by atoms with Gasteiger partial charge in [-0.3, -0.25) is 4.79 Å². The highest BCUT2D eigenvalue weighted by Gasteiger charge is 2.44. The lowest BCUT2D eigenvalue weighted by atomic mass is 9.97. The summed E-state index contributed by atoms with van der Waals surface area (Å²) in [6.45, 7) is 5.13. The summed E-state index contributed by atoms with van der Waals surface area (Å²) in [4.78, 5) is 21.2.